The van der Waals surface area contributed by atoms with Gasteiger partial charge in [-0.25, -0.2) is 0 Å². The highest BCUT2D eigenvalue weighted by atomic mass is 32.1. The van der Waals surface area contributed by atoms with E-state index >= 15 is 0 Å². The van der Waals surface area contributed by atoms with Gasteiger partial charge in [0.1, 0.15) is 17.7 Å². The molecule has 0 bridgehead atoms. The molecule has 23 heavy (non-hydrogen) atoms. The Kier molecular flexibility index (Phi) is 5.30. The van der Waals surface area contributed by atoms with E-state index < -0.39 is 0 Å². The van der Waals surface area contributed by atoms with Crippen molar-refractivity contribution in [3.8, 4) is 12.1 Å². The highest BCUT2D eigenvalue weighted by molar-refractivity contribution is 7.80. The van der Waals surface area contributed by atoms with Crippen LogP contribution < -0.4 is 5.32 Å². The molecule has 0 spiro atoms. The van der Waals surface area contributed by atoms with Gasteiger partial charge in [-0.1, -0.05) is 48.6 Å². The van der Waals surface area contributed by atoms with Crippen LogP contribution in [0, 0.1) is 22.7 Å². The van der Waals surface area contributed by atoms with Crippen LogP contribution in [0.15, 0.2) is 53.7 Å². The molecule has 0 fully saturated rings. The number of nitrogens with one attached hydrogen (secondary N) is 1. The Morgan fingerprint density at radius 3 is 2.39 bits per heavy atom. The van der Waals surface area contributed by atoms with E-state index in [0.29, 0.717) is 17.1 Å². The number of nitriles is 2. The molecule has 0 saturated carbocycles. The smallest absolute Gasteiger partial charge is 0.149 e. The molecule has 0 amide bonds. The molecule has 0 aromatic heterocycles. The van der Waals surface area contributed by atoms with Gasteiger partial charge >= 0.3 is 0 Å². The fraction of sp³-hybridized carbons (Fsp3) is 0.167. The van der Waals surface area contributed by atoms with Crippen molar-refractivity contribution in [3.05, 3.63) is 53.7 Å². The maximum atomic E-state index is 9.07. The first-order chi connectivity index (χ1) is 11.1. The molecule has 0 radical (unpaired) electrons. The standard InChI is InChI=1S/C18H16N4S/c1-22(2)17(14(11-19)12-20)10-18(23)21-16-9-5-7-13-6-3-4-8-15(13)16/h3-9H,10H2,1-2H3,(H,21,23). The molecule has 2 aromatic rings. The minimum absolute atomic E-state index is 0.0806. The molecule has 0 unspecified atom stereocenters. The number of benzene rings is 2. The first kappa shape index (κ1) is 16.5. The van der Waals surface area contributed by atoms with E-state index in [1.807, 2.05) is 54.6 Å². The second kappa shape index (κ2) is 7.40. The molecule has 114 valence electrons. The summed E-state index contributed by atoms with van der Waals surface area (Å²) < 4.78 is 0. The van der Waals surface area contributed by atoms with Crippen LogP contribution in [0.3, 0.4) is 0 Å². The summed E-state index contributed by atoms with van der Waals surface area (Å²) in [6, 6.07) is 17.8. The summed E-state index contributed by atoms with van der Waals surface area (Å²) in [6.07, 6.45) is 0.335. The maximum absolute atomic E-state index is 9.07. The Morgan fingerprint density at radius 2 is 1.74 bits per heavy atom. The second-order valence-corrected chi connectivity index (χ2v) is 5.68. The topological polar surface area (TPSA) is 62.9 Å². The number of nitrogens with zero attached hydrogens (tertiary/aromatic N) is 3. The number of hydrogen-bond acceptors (Lipinski definition) is 4. The van der Waals surface area contributed by atoms with Gasteiger partial charge in [-0.2, -0.15) is 10.5 Å². The van der Waals surface area contributed by atoms with Gasteiger partial charge in [-0.3, -0.25) is 0 Å². The van der Waals surface area contributed by atoms with Gasteiger partial charge in [0.25, 0.3) is 0 Å². The molecule has 4 nitrogen and oxygen atoms in total. The van der Waals surface area contributed by atoms with Crippen LogP contribution in [0.4, 0.5) is 5.69 Å². The molecule has 0 heterocycles. The fourth-order valence-electron chi connectivity index (χ4n) is 2.31. The summed E-state index contributed by atoms with van der Waals surface area (Å²) in [6.45, 7) is 0. The summed E-state index contributed by atoms with van der Waals surface area (Å²) >= 11 is 5.42. The van der Waals surface area contributed by atoms with Crippen LogP contribution >= 0.6 is 12.2 Å². The highest BCUT2D eigenvalue weighted by Gasteiger charge is 2.12. The predicted molar refractivity (Wildman–Crippen MR) is 96.7 cm³/mol. The van der Waals surface area contributed by atoms with Crippen LogP contribution in [-0.4, -0.2) is 24.0 Å². The molecule has 1 N–H and O–H groups in total. The van der Waals surface area contributed by atoms with Crippen molar-refractivity contribution in [2.45, 2.75) is 6.42 Å². The summed E-state index contributed by atoms with van der Waals surface area (Å²) in [5.41, 5.74) is 1.60. The van der Waals surface area contributed by atoms with Gasteiger partial charge in [0.05, 0.1) is 4.99 Å². The van der Waals surface area contributed by atoms with Crippen LogP contribution in [0.2, 0.25) is 0 Å². The molecule has 2 rings (SSSR count). The van der Waals surface area contributed by atoms with E-state index in [0.717, 1.165) is 16.5 Å². The highest BCUT2D eigenvalue weighted by Crippen LogP contribution is 2.24. The van der Waals surface area contributed by atoms with Gasteiger partial charge in [-0.05, 0) is 11.5 Å². The van der Waals surface area contributed by atoms with Gasteiger partial charge in [0, 0.05) is 37.3 Å². The van der Waals surface area contributed by atoms with Crippen LogP contribution in [-0.2, 0) is 0 Å². The number of anilines is 1. The average molecular weight is 320 g/mol. The lowest BCUT2D eigenvalue weighted by Crippen LogP contribution is -2.19. The quantitative estimate of drug-likeness (QED) is 0.685. The van der Waals surface area contributed by atoms with Crippen molar-refractivity contribution < 1.29 is 0 Å². The maximum Gasteiger partial charge on any atom is 0.149 e. The molecule has 0 aliphatic carbocycles. The zero-order valence-electron chi connectivity index (χ0n) is 13.0. The monoisotopic (exact) mass is 320 g/mol. The first-order valence-electron chi connectivity index (χ1n) is 7.05. The molecule has 5 heteroatoms. The van der Waals surface area contributed by atoms with Crippen molar-refractivity contribution in [1.82, 2.24) is 4.90 Å². The van der Waals surface area contributed by atoms with E-state index in [-0.39, 0.29) is 5.57 Å². The van der Waals surface area contributed by atoms with E-state index in [2.05, 4.69) is 5.32 Å². The fourth-order valence-corrected chi connectivity index (χ4v) is 2.55. The Hall–Kier alpha value is -2.89. The predicted octanol–water partition coefficient (Wildman–Crippen LogP) is 3.83. The van der Waals surface area contributed by atoms with E-state index in [1.165, 1.54) is 0 Å². The normalized spacial score (nSPS) is 9.57. The Morgan fingerprint density at radius 1 is 1.09 bits per heavy atom. The largest absolute Gasteiger partial charge is 0.379 e. The lowest BCUT2D eigenvalue weighted by atomic mass is 10.1. The molecule has 0 atom stereocenters. The van der Waals surface area contributed by atoms with Gasteiger partial charge in [-0.15, -0.1) is 0 Å². The van der Waals surface area contributed by atoms with Gasteiger partial charge in [0.2, 0.25) is 0 Å². The Labute approximate surface area is 141 Å². The first-order valence-corrected chi connectivity index (χ1v) is 7.46. The Balaban J connectivity index is 2.27. The molecule has 0 saturated heterocycles. The van der Waals surface area contributed by atoms with Gasteiger partial charge in [0.15, 0.2) is 0 Å². The van der Waals surface area contributed by atoms with E-state index in [9.17, 15) is 0 Å². The summed E-state index contributed by atoms with van der Waals surface area (Å²) in [7, 11) is 3.59. The number of rotatable bonds is 4. The molecular formula is C18H16N4S. The summed E-state index contributed by atoms with van der Waals surface area (Å²) in [5.74, 6) is 0. The average Bonchev–Trinajstić information content (AvgIpc) is 2.55. The number of allylic oxidation sites excluding steroid dienone is 1. The third-order valence-corrected chi connectivity index (χ3v) is 3.69. The minimum atomic E-state index is 0.0806. The molecule has 0 aliphatic rings. The van der Waals surface area contributed by atoms with Crippen LogP contribution in [0.25, 0.3) is 10.8 Å². The van der Waals surface area contributed by atoms with E-state index in [4.69, 9.17) is 22.7 Å². The lowest BCUT2D eigenvalue weighted by molar-refractivity contribution is 0.503. The summed E-state index contributed by atoms with van der Waals surface area (Å²) in [4.78, 5) is 2.31. The third-order valence-electron chi connectivity index (χ3n) is 3.44. The molecule has 2 aromatic carbocycles. The summed E-state index contributed by atoms with van der Waals surface area (Å²) in [5, 5.41) is 23.6. The lowest BCUT2D eigenvalue weighted by Gasteiger charge is -2.19. The minimum Gasteiger partial charge on any atom is -0.379 e. The van der Waals surface area contributed by atoms with E-state index in [1.54, 1.807) is 19.0 Å². The third kappa shape index (κ3) is 3.85. The van der Waals surface area contributed by atoms with Crippen molar-refractivity contribution in [3.63, 3.8) is 0 Å². The number of hydrogen-bond donors (Lipinski definition) is 1. The van der Waals surface area contributed by atoms with Crippen LogP contribution in [0.5, 0.6) is 0 Å². The van der Waals surface area contributed by atoms with Crippen molar-refractivity contribution in [2.24, 2.45) is 0 Å². The van der Waals surface area contributed by atoms with Crippen LogP contribution in [0.1, 0.15) is 6.42 Å². The van der Waals surface area contributed by atoms with Crippen molar-refractivity contribution in [1.29, 1.82) is 10.5 Å². The number of fused-ring (bicyclic) bond motifs is 1. The number of thiocarbonyl (C=S) groups is 1. The Bertz CT molecular complexity index is 832. The van der Waals surface area contributed by atoms with Crippen molar-refractivity contribution in [2.75, 3.05) is 19.4 Å². The molecule has 0 aliphatic heterocycles. The van der Waals surface area contributed by atoms with Gasteiger partial charge < -0.3 is 10.2 Å². The zero-order chi connectivity index (χ0) is 16.8. The SMILES string of the molecule is CN(C)C(CC(=S)Nc1cccc2ccccc12)=C(C#N)C#N. The van der Waals surface area contributed by atoms with Crippen molar-refractivity contribution >= 4 is 33.7 Å². The zero-order valence-corrected chi connectivity index (χ0v) is 13.8. The molecular weight excluding hydrogens is 304 g/mol. The second-order valence-electron chi connectivity index (χ2n) is 5.19.